The molecule has 1 aromatic heterocycles. The van der Waals surface area contributed by atoms with Gasteiger partial charge in [-0.2, -0.15) is 0 Å². The van der Waals surface area contributed by atoms with Crippen molar-refractivity contribution in [3.05, 3.63) is 80.3 Å². The normalized spacial score (nSPS) is 11.1. The van der Waals surface area contributed by atoms with Crippen molar-refractivity contribution in [1.29, 1.82) is 0 Å². The van der Waals surface area contributed by atoms with E-state index in [1.165, 1.54) is 12.1 Å². The molecule has 108 valence electrons. The summed E-state index contributed by atoms with van der Waals surface area (Å²) in [7, 11) is 0. The lowest BCUT2D eigenvalue weighted by Crippen LogP contribution is -2.11. The van der Waals surface area contributed by atoms with Crippen LogP contribution >= 0.6 is 0 Å². The molecule has 0 saturated carbocycles. The number of nitrogens with one attached hydrogen (secondary N) is 1. The number of H-pyrrole nitrogens is 1. The number of fused-ring (bicyclic) bond motifs is 1. The van der Waals surface area contributed by atoms with E-state index in [2.05, 4.69) is 9.97 Å². The molecule has 3 aromatic rings. The molecule has 0 bridgehead atoms. The highest BCUT2D eigenvalue weighted by Crippen LogP contribution is 2.15. The molecule has 0 spiro atoms. The Morgan fingerprint density at radius 1 is 1.09 bits per heavy atom. The summed E-state index contributed by atoms with van der Waals surface area (Å²) in [5, 5.41) is 10.7. The summed E-state index contributed by atoms with van der Waals surface area (Å²) in [6, 6.07) is 13.4. The van der Waals surface area contributed by atoms with E-state index in [-0.39, 0.29) is 16.9 Å². The molecule has 0 unspecified atom stereocenters. The first-order valence-electron chi connectivity index (χ1n) is 6.55. The third-order valence-corrected chi connectivity index (χ3v) is 3.14. The second kappa shape index (κ2) is 5.61. The van der Waals surface area contributed by atoms with Gasteiger partial charge in [-0.15, -0.1) is 0 Å². The van der Waals surface area contributed by atoms with Crippen LogP contribution in [0.4, 0.5) is 5.69 Å². The van der Waals surface area contributed by atoms with Gasteiger partial charge in [-0.05, 0) is 23.8 Å². The molecule has 1 N–H and O–H groups in total. The Hall–Kier alpha value is -3.28. The molecular formula is C16H11N3O3. The fourth-order valence-electron chi connectivity index (χ4n) is 2.07. The number of rotatable bonds is 3. The summed E-state index contributed by atoms with van der Waals surface area (Å²) in [6.07, 6.45) is 3.17. The minimum Gasteiger partial charge on any atom is -0.319 e. The fourth-order valence-corrected chi connectivity index (χ4v) is 2.07. The number of aromatic amines is 1. The van der Waals surface area contributed by atoms with Crippen LogP contribution in [-0.4, -0.2) is 14.9 Å². The Morgan fingerprint density at radius 2 is 1.91 bits per heavy atom. The number of aromatic nitrogens is 2. The molecule has 3 rings (SSSR count). The summed E-state index contributed by atoms with van der Waals surface area (Å²) in [4.78, 5) is 29.3. The van der Waals surface area contributed by atoms with Crippen molar-refractivity contribution >= 4 is 28.9 Å². The van der Waals surface area contributed by atoms with Gasteiger partial charge in [-0.3, -0.25) is 14.9 Å². The lowest BCUT2D eigenvalue weighted by molar-refractivity contribution is -0.384. The van der Waals surface area contributed by atoms with Crippen molar-refractivity contribution in [2.24, 2.45) is 0 Å². The third-order valence-electron chi connectivity index (χ3n) is 3.14. The molecular weight excluding hydrogens is 282 g/mol. The highest BCUT2D eigenvalue weighted by atomic mass is 16.6. The van der Waals surface area contributed by atoms with Gasteiger partial charge in [-0.1, -0.05) is 30.3 Å². The van der Waals surface area contributed by atoms with E-state index in [0.717, 1.165) is 0 Å². The van der Waals surface area contributed by atoms with Crippen LogP contribution < -0.4 is 5.56 Å². The van der Waals surface area contributed by atoms with Crippen LogP contribution in [0.3, 0.4) is 0 Å². The monoisotopic (exact) mass is 293 g/mol. The lowest BCUT2D eigenvalue weighted by atomic mass is 10.2. The third kappa shape index (κ3) is 2.76. The number of benzene rings is 2. The molecule has 22 heavy (non-hydrogen) atoms. The van der Waals surface area contributed by atoms with E-state index in [0.29, 0.717) is 16.6 Å². The first kappa shape index (κ1) is 13.7. The maximum Gasteiger partial charge on any atom is 0.274 e. The number of hydrogen-bond acceptors (Lipinski definition) is 4. The number of non-ortho nitro benzene ring substituents is 1. The molecule has 0 radical (unpaired) electrons. The van der Waals surface area contributed by atoms with Crippen molar-refractivity contribution in [3.63, 3.8) is 0 Å². The maximum absolute atomic E-state index is 12.0. The molecule has 0 amide bonds. The SMILES string of the molecule is O=c1[nH]c2ccccc2nc1C=Cc1cccc([N+](=O)[O-])c1. The lowest BCUT2D eigenvalue weighted by Gasteiger charge is -1.98. The number of nitrogens with zero attached hydrogens (tertiary/aromatic N) is 2. The van der Waals surface area contributed by atoms with Crippen LogP contribution in [-0.2, 0) is 0 Å². The first-order valence-corrected chi connectivity index (χ1v) is 6.55. The molecule has 0 fully saturated rings. The Bertz CT molecular complexity index is 945. The van der Waals surface area contributed by atoms with E-state index >= 15 is 0 Å². The number of hydrogen-bond donors (Lipinski definition) is 1. The highest BCUT2D eigenvalue weighted by molar-refractivity contribution is 5.76. The second-order valence-electron chi connectivity index (χ2n) is 4.65. The Morgan fingerprint density at radius 3 is 2.73 bits per heavy atom. The van der Waals surface area contributed by atoms with Gasteiger partial charge >= 0.3 is 0 Å². The number of para-hydroxylation sites is 2. The summed E-state index contributed by atoms with van der Waals surface area (Å²) in [5.41, 5.74) is 1.93. The van der Waals surface area contributed by atoms with Crippen LogP contribution in [0.15, 0.2) is 53.3 Å². The Balaban J connectivity index is 1.99. The van der Waals surface area contributed by atoms with Crippen LogP contribution in [0, 0.1) is 10.1 Å². The van der Waals surface area contributed by atoms with Gasteiger partial charge in [0.1, 0.15) is 5.69 Å². The largest absolute Gasteiger partial charge is 0.319 e. The van der Waals surface area contributed by atoms with Crippen molar-refractivity contribution in [1.82, 2.24) is 9.97 Å². The van der Waals surface area contributed by atoms with Crippen molar-refractivity contribution < 1.29 is 4.92 Å². The standard InChI is InChI=1S/C16H11N3O3/c20-16-15(17-13-6-1-2-7-14(13)18-16)9-8-11-4-3-5-12(10-11)19(21)22/h1-10H,(H,18,20). The summed E-state index contributed by atoms with van der Waals surface area (Å²) in [6.45, 7) is 0. The summed E-state index contributed by atoms with van der Waals surface area (Å²) < 4.78 is 0. The number of nitro groups is 1. The minimum absolute atomic E-state index is 0.00234. The molecule has 0 aliphatic carbocycles. The molecule has 0 aliphatic rings. The van der Waals surface area contributed by atoms with E-state index in [1.807, 2.05) is 12.1 Å². The average molecular weight is 293 g/mol. The van der Waals surface area contributed by atoms with Crippen LogP contribution in [0.1, 0.15) is 11.3 Å². The zero-order valence-electron chi connectivity index (χ0n) is 11.4. The average Bonchev–Trinajstić information content (AvgIpc) is 2.53. The smallest absolute Gasteiger partial charge is 0.274 e. The first-order chi connectivity index (χ1) is 10.6. The van der Waals surface area contributed by atoms with E-state index < -0.39 is 4.92 Å². The van der Waals surface area contributed by atoms with E-state index in [9.17, 15) is 14.9 Å². The fraction of sp³-hybridized carbons (Fsp3) is 0. The number of nitro benzene ring substituents is 1. The van der Waals surface area contributed by atoms with Crippen molar-refractivity contribution in [2.45, 2.75) is 0 Å². The predicted octanol–water partition coefficient (Wildman–Crippen LogP) is 3.00. The quantitative estimate of drug-likeness (QED) is 0.593. The molecule has 2 aromatic carbocycles. The molecule has 6 heteroatoms. The Kier molecular flexibility index (Phi) is 3.49. The van der Waals surface area contributed by atoms with Crippen LogP contribution in [0.5, 0.6) is 0 Å². The van der Waals surface area contributed by atoms with Gasteiger partial charge in [0, 0.05) is 12.1 Å². The van der Waals surface area contributed by atoms with Gasteiger partial charge in [0.15, 0.2) is 0 Å². The van der Waals surface area contributed by atoms with Gasteiger partial charge in [0.2, 0.25) is 0 Å². The van der Waals surface area contributed by atoms with Gasteiger partial charge in [-0.25, -0.2) is 4.98 Å². The second-order valence-corrected chi connectivity index (χ2v) is 4.65. The molecule has 1 heterocycles. The zero-order chi connectivity index (χ0) is 15.5. The minimum atomic E-state index is -0.460. The van der Waals surface area contributed by atoms with E-state index in [1.54, 1.807) is 36.4 Å². The van der Waals surface area contributed by atoms with Crippen molar-refractivity contribution in [2.75, 3.05) is 0 Å². The van der Waals surface area contributed by atoms with Crippen LogP contribution in [0.25, 0.3) is 23.2 Å². The summed E-state index contributed by atoms with van der Waals surface area (Å²) >= 11 is 0. The van der Waals surface area contributed by atoms with Crippen LogP contribution in [0.2, 0.25) is 0 Å². The van der Waals surface area contributed by atoms with Gasteiger partial charge in [0.05, 0.1) is 16.0 Å². The molecule has 0 saturated heterocycles. The highest BCUT2D eigenvalue weighted by Gasteiger charge is 2.04. The summed E-state index contributed by atoms with van der Waals surface area (Å²) in [5.74, 6) is 0. The molecule has 0 aliphatic heterocycles. The van der Waals surface area contributed by atoms with Gasteiger partial charge < -0.3 is 4.98 Å². The topological polar surface area (TPSA) is 88.9 Å². The van der Waals surface area contributed by atoms with Gasteiger partial charge in [0.25, 0.3) is 11.2 Å². The molecule has 0 atom stereocenters. The molecule has 6 nitrogen and oxygen atoms in total. The van der Waals surface area contributed by atoms with Crippen molar-refractivity contribution in [3.8, 4) is 0 Å². The Labute approximate surface area is 124 Å². The maximum atomic E-state index is 12.0. The zero-order valence-corrected chi connectivity index (χ0v) is 11.4. The predicted molar refractivity (Wildman–Crippen MR) is 84.4 cm³/mol. The van der Waals surface area contributed by atoms with E-state index in [4.69, 9.17) is 0 Å².